The Morgan fingerprint density at radius 3 is 2.53 bits per heavy atom. The quantitative estimate of drug-likeness (QED) is 0.770. The fraction of sp³-hybridized carbons (Fsp3) is 0.500. The number of hydrogen-bond donors (Lipinski definition) is 1. The van der Waals surface area contributed by atoms with Crippen LogP contribution in [-0.4, -0.2) is 18.1 Å². The highest BCUT2D eigenvalue weighted by Gasteiger charge is 2.29. The molecule has 1 aromatic rings. The largest absolute Gasteiger partial charge is 0.478 e. The normalized spacial score (nSPS) is 11.0. The summed E-state index contributed by atoms with van der Waals surface area (Å²) in [6.45, 7) is 6.36. The van der Waals surface area contributed by atoms with Crippen molar-refractivity contribution in [3.05, 3.63) is 30.3 Å². The second-order valence-corrected chi connectivity index (χ2v) is 4.53. The van der Waals surface area contributed by atoms with Crippen LogP contribution in [0.1, 0.15) is 33.6 Å². The number of nitrogens with one attached hydrogen (secondary N) is 1. The van der Waals surface area contributed by atoms with E-state index in [1.807, 2.05) is 30.3 Å². The molecule has 0 bridgehead atoms. The molecule has 0 spiro atoms. The Balaban J connectivity index is 2.52. The molecule has 0 aliphatic rings. The van der Waals surface area contributed by atoms with E-state index < -0.39 is 5.60 Å². The lowest BCUT2D eigenvalue weighted by molar-refractivity contribution is -0.134. The summed E-state index contributed by atoms with van der Waals surface area (Å²) in [5.41, 5.74) is -0.838. The van der Waals surface area contributed by atoms with Gasteiger partial charge in [0.1, 0.15) is 5.75 Å². The maximum Gasteiger partial charge on any atom is 0.263 e. The minimum Gasteiger partial charge on any atom is -0.478 e. The van der Waals surface area contributed by atoms with Crippen LogP contribution in [0.15, 0.2) is 30.3 Å². The Labute approximate surface area is 103 Å². The lowest BCUT2D eigenvalue weighted by atomic mass is 10.1. The van der Waals surface area contributed by atoms with Crippen molar-refractivity contribution in [2.75, 3.05) is 6.54 Å². The van der Waals surface area contributed by atoms with Gasteiger partial charge in [0, 0.05) is 6.54 Å². The van der Waals surface area contributed by atoms with Crippen LogP contribution in [0.4, 0.5) is 0 Å². The Morgan fingerprint density at radius 1 is 1.29 bits per heavy atom. The van der Waals surface area contributed by atoms with Crippen molar-refractivity contribution in [1.82, 2.24) is 5.32 Å². The lowest BCUT2D eigenvalue weighted by Crippen LogP contribution is -2.46. The third-order valence-electron chi connectivity index (χ3n) is 2.48. The fourth-order valence-corrected chi connectivity index (χ4v) is 1.42. The maximum atomic E-state index is 11.9. The second-order valence-electron chi connectivity index (χ2n) is 4.53. The van der Waals surface area contributed by atoms with Crippen LogP contribution in [0.25, 0.3) is 0 Å². The molecule has 1 amide bonds. The standard InChI is InChI=1S/C14H21NO2/c1-4-5-11-15-13(16)14(2,3)17-12-9-7-6-8-10-12/h6-10H,4-5,11H2,1-3H3,(H,15,16). The van der Waals surface area contributed by atoms with Gasteiger partial charge in [0.25, 0.3) is 5.91 Å². The smallest absolute Gasteiger partial charge is 0.263 e. The topological polar surface area (TPSA) is 38.3 Å². The molecule has 0 atom stereocenters. The van der Waals surface area contributed by atoms with Gasteiger partial charge in [-0.15, -0.1) is 0 Å². The highest BCUT2D eigenvalue weighted by Crippen LogP contribution is 2.17. The molecule has 3 heteroatoms. The number of hydrogen-bond acceptors (Lipinski definition) is 2. The first kappa shape index (κ1) is 13.6. The molecule has 0 fully saturated rings. The summed E-state index contributed by atoms with van der Waals surface area (Å²) in [4.78, 5) is 11.9. The van der Waals surface area contributed by atoms with Crippen LogP contribution in [0.2, 0.25) is 0 Å². The summed E-state index contributed by atoms with van der Waals surface area (Å²) < 4.78 is 5.68. The molecular weight excluding hydrogens is 214 g/mol. The second kappa shape index (κ2) is 6.28. The molecule has 1 N–H and O–H groups in total. The minimum absolute atomic E-state index is 0.0743. The molecule has 0 unspecified atom stereocenters. The molecule has 94 valence electrons. The average molecular weight is 235 g/mol. The highest BCUT2D eigenvalue weighted by atomic mass is 16.5. The van der Waals surface area contributed by atoms with E-state index >= 15 is 0 Å². The predicted octanol–water partition coefficient (Wildman–Crippen LogP) is 2.76. The number of carbonyl (C=O) groups excluding carboxylic acids is 1. The SMILES string of the molecule is CCCCNC(=O)C(C)(C)Oc1ccccc1. The van der Waals surface area contributed by atoms with Crippen molar-refractivity contribution in [2.24, 2.45) is 0 Å². The zero-order chi connectivity index (χ0) is 12.7. The number of ether oxygens (including phenoxy) is 1. The van der Waals surface area contributed by atoms with Gasteiger partial charge in [-0.3, -0.25) is 4.79 Å². The lowest BCUT2D eigenvalue weighted by Gasteiger charge is -2.25. The van der Waals surface area contributed by atoms with Gasteiger partial charge < -0.3 is 10.1 Å². The van der Waals surface area contributed by atoms with E-state index in [4.69, 9.17) is 4.74 Å². The first-order valence-electron chi connectivity index (χ1n) is 6.08. The van der Waals surface area contributed by atoms with E-state index in [-0.39, 0.29) is 5.91 Å². The van der Waals surface area contributed by atoms with Crippen molar-refractivity contribution in [2.45, 2.75) is 39.2 Å². The van der Waals surface area contributed by atoms with Crippen LogP contribution >= 0.6 is 0 Å². The summed E-state index contributed by atoms with van der Waals surface area (Å²) >= 11 is 0. The van der Waals surface area contributed by atoms with Gasteiger partial charge in [0.05, 0.1) is 0 Å². The molecule has 1 rings (SSSR count). The summed E-state index contributed by atoms with van der Waals surface area (Å²) in [6.07, 6.45) is 2.06. The Kier molecular flexibility index (Phi) is 5.01. The molecule has 0 aliphatic carbocycles. The number of carbonyl (C=O) groups is 1. The molecule has 1 aromatic carbocycles. The predicted molar refractivity (Wildman–Crippen MR) is 69.1 cm³/mol. The number of amides is 1. The third-order valence-corrected chi connectivity index (χ3v) is 2.48. The van der Waals surface area contributed by atoms with E-state index in [1.54, 1.807) is 13.8 Å². The van der Waals surface area contributed by atoms with Gasteiger partial charge >= 0.3 is 0 Å². The molecule has 0 aliphatic heterocycles. The van der Waals surface area contributed by atoms with Crippen LogP contribution in [0.5, 0.6) is 5.75 Å². The number of rotatable bonds is 6. The van der Waals surface area contributed by atoms with Gasteiger partial charge in [0.15, 0.2) is 5.60 Å². The first-order valence-corrected chi connectivity index (χ1v) is 6.08. The van der Waals surface area contributed by atoms with Gasteiger partial charge in [-0.25, -0.2) is 0 Å². The third kappa shape index (κ3) is 4.47. The number of benzene rings is 1. The van der Waals surface area contributed by atoms with Gasteiger partial charge in [-0.2, -0.15) is 0 Å². The van der Waals surface area contributed by atoms with E-state index in [0.29, 0.717) is 12.3 Å². The van der Waals surface area contributed by atoms with Gasteiger partial charge in [-0.05, 0) is 32.4 Å². The Bertz CT molecular complexity index is 346. The van der Waals surface area contributed by atoms with Crippen LogP contribution in [0, 0.1) is 0 Å². The first-order chi connectivity index (χ1) is 8.06. The van der Waals surface area contributed by atoms with E-state index in [1.165, 1.54) is 0 Å². The highest BCUT2D eigenvalue weighted by molar-refractivity contribution is 5.84. The number of unbranched alkanes of at least 4 members (excludes halogenated alkanes) is 1. The Hall–Kier alpha value is -1.51. The van der Waals surface area contributed by atoms with Crippen molar-refractivity contribution in [1.29, 1.82) is 0 Å². The fourth-order valence-electron chi connectivity index (χ4n) is 1.42. The molecule has 0 aromatic heterocycles. The summed E-state index contributed by atoms with van der Waals surface area (Å²) in [7, 11) is 0. The van der Waals surface area contributed by atoms with Gasteiger partial charge in [-0.1, -0.05) is 31.5 Å². The summed E-state index contributed by atoms with van der Waals surface area (Å²) in [5.74, 6) is 0.637. The van der Waals surface area contributed by atoms with Crippen molar-refractivity contribution in [3.63, 3.8) is 0 Å². The van der Waals surface area contributed by atoms with Gasteiger partial charge in [0.2, 0.25) is 0 Å². The number of para-hydroxylation sites is 1. The molecule has 0 radical (unpaired) electrons. The van der Waals surface area contributed by atoms with Crippen LogP contribution in [0.3, 0.4) is 0 Å². The van der Waals surface area contributed by atoms with E-state index in [0.717, 1.165) is 12.8 Å². The van der Waals surface area contributed by atoms with Crippen molar-refractivity contribution in [3.8, 4) is 5.75 Å². The zero-order valence-corrected chi connectivity index (χ0v) is 10.8. The Morgan fingerprint density at radius 2 is 1.94 bits per heavy atom. The van der Waals surface area contributed by atoms with E-state index in [9.17, 15) is 4.79 Å². The van der Waals surface area contributed by atoms with Crippen molar-refractivity contribution < 1.29 is 9.53 Å². The average Bonchev–Trinajstić information content (AvgIpc) is 2.30. The molecule has 0 heterocycles. The summed E-state index contributed by atoms with van der Waals surface area (Å²) in [5, 5.41) is 2.88. The molecule has 3 nitrogen and oxygen atoms in total. The zero-order valence-electron chi connectivity index (χ0n) is 10.8. The minimum atomic E-state index is -0.838. The molecule has 17 heavy (non-hydrogen) atoms. The molecular formula is C14H21NO2. The van der Waals surface area contributed by atoms with Crippen LogP contribution < -0.4 is 10.1 Å². The van der Waals surface area contributed by atoms with E-state index in [2.05, 4.69) is 12.2 Å². The molecule has 0 saturated heterocycles. The van der Waals surface area contributed by atoms with Crippen LogP contribution in [-0.2, 0) is 4.79 Å². The summed E-state index contributed by atoms with van der Waals surface area (Å²) in [6, 6.07) is 9.39. The van der Waals surface area contributed by atoms with Crippen molar-refractivity contribution >= 4 is 5.91 Å². The maximum absolute atomic E-state index is 11.9. The monoisotopic (exact) mass is 235 g/mol. The molecule has 0 saturated carbocycles.